The van der Waals surface area contributed by atoms with Gasteiger partial charge in [-0.15, -0.1) is 0 Å². The average molecular weight is 642 g/mol. The monoisotopic (exact) mass is 638 g/mol. The lowest BCUT2D eigenvalue weighted by atomic mass is 9.36. The van der Waals surface area contributed by atoms with Crippen LogP contribution in [0.3, 0.4) is 0 Å². The van der Waals surface area contributed by atoms with Crippen molar-refractivity contribution in [1.29, 1.82) is 0 Å². The lowest BCUT2D eigenvalue weighted by Crippen LogP contribution is -2.55. The van der Waals surface area contributed by atoms with E-state index in [0.717, 1.165) is 0 Å². The van der Waals surface area contributed by atoms with Crippen molar-refractivity contribution in [1.82, 2.24) is 0 Å². The summed E-state index contributed by atoms with van der Waals surface area (Å²) < 4.78 is 16.2. The number of ether oxygens (including phenoxy) is 3. The fourth-order valence-electron chi connectivity index (χ4n) is 3.44. The van der Waals surface area contributed by atoms with Gasteiger partial charge in [0.2, 0.25) is 0 Å². The largest absolute Gasteiger partial charge is 0.495 e. The van der Waals surface area contributed by atoms with Crippen molar-refractivity contribution in [3.8, 4) is 17.2 Å². The molecule has 0 atom stereocenters. The zero-order chi connectivity index (χ0) is 25.5. The van der Waals surface area contributed by atoms with Gasteiger partial charge in [-0.2, -0.15) is 0 Å². The average Bonchev–Trinajstić information content (AvgIpc) is 2.80. The molecule has 0 aliphatic carbocycles. The Hall–Kier alpha value is -0.265. The third-order valence-electron chi connectivity index (χ3n) is 5.00. The Balaban J connectivity index is 2.63. The van der Waals surface area contributed by atoms with Gasteiger partial charge in [-0.05, 0) is 16.4 Å². The van der Waals surface area contributed by atoms with Crippen LogP contribution in [0, 0.1) is 0 Å². The van der Waals surface area contributed by atoms with E-state index in [9.17, 15) is 0 Å². The van der Waals surface area contributed by atoms with Gasteiger partial charge in [-0.3, -0.25) is 0 Å². The second kappa shape index (κ2) is 11.4. The van der Waals surface area contributed by atoms with E-state index in [1.807, 2.05) is 0 Å². The smallest absolute Gasteiger partial charge is 0.253 e. The summed E-state index contributed by atoms with van der Waals surface area (Å²) in [6.45, 7) is -1.03. The van der Waals surface area contributed by atoms with Crippen LogP contribution in [-0.2, 0) is 0 Å². The molecule has 0 aliphatic heterocycles. The van der Waals surface area contributed by atoms with Crippen LogP contribution in [0.4, 0.5) is 0 Å². The van der Waals surface area contributed by atoms with Crippen molar-refractivity contribution in [2.45, 2.75) is 0 Å². The van der Waals surface area contributed by atoms with Gasteiger partial charge >= 0.3 is 0 Å². The van der Waals surface area contributed by atoms with E-state index in [1.165, 1.54) is 39.5 Å². The maximum atomic E-state index is 6.75. The quantitative estimate of drug-likeness (QED) is 0.201. The topological polar surface area (TPSA) is 27.7 Å². The third-order valence-corrected chi connectivity index (χ3v) is 8.57. The molecule has 3 aromatic carbocycles. The summed E-state index contributed by atoms with van der Waals surface area (Å²) in [6, 6.07) is 4.41. The van der Waals surface area contributed by atoms with Crippen LogP contribution in [0.1, 0.15) is 0 Å². The Morgan fingerprint density at radius 1 is 0.441 bits per heavy atom. The molecule has 180 valence electrons. The second-order valence-corrected chi connectivity index (χ2v) is 10.2. The van der Waals surface area contributed by atoms with Crippen molar-refractivity contribution >= 4 is 128 Å². The highest BCUT2D eigenvalue weighted by Crippen LogP contribution is 2.39. The summed E-state index contributed by atoms with van der Waals surface area (Å²) in [6.07, 6.45) is 0. The van der Waals surface area contributed by atoms with E-state index in [4.69, 9.17) is 119 Å². The molecule has 0 N–H and O–H groups in total. The van der Waals surface area contributed by atoms with Crippen molar-refractivity contribution < 1.29 is 14.2 Å². The minimum atomic E-state index is -1.03. The standard InChI is InChI=1S/C21H12BCl9O3/c1-32-10-4-7(23)16(26)13(19(10)29)22(14-17(27)8(24)5-11(33-2)20(14)30)15-18(28)9(25)6-12(34-3)21(15)31/h4-6H,1-3H3. The zero-order valence-corrected chi connectivity index (χ0v) is 24.2. The van der Waals surface area contributed by atoms with Crippen LogP contribution in [0.15, 0.2) is 18.2 Å². The van der Waals surface area contributed by atoms with Gasteiger partial charge in [0.1, 0.15) is 17.2 Å². The predicted molar refractivity (Wildman–Crippen MR) is 149 cm³/mol. The molecule has 0 aromatic heterocycles. The molecule has 3 rings (SSSR count). The van der Waals surface area contributed by atoms with Crippen LogP contribution in [0.2, 0.25) is 45.2 Å². The lowest BCUT2D eigenvalue weighted by molar-refractivity contribution is 0.415. The minimum absolute atomic E-state index is 0.0784. The molecule has 0 heterocycles. The molecule has 0 bridgehead atoms. The summed E-state index contributed by atoms with van der Waals surface area (Å²) in [4.78, 5) is 0. The summed E-state index contributed by atoms with van der Waals surface area (Å²) in [5, 5.41) is 0.997. The normalized spacial score (nSPS) is 10.9. The first-order valence-corrected chi connectivity index (χ1v) is 12.5. The van der Waals surface area contributed by atoms with Crippen molar-refractivity contribution in [2.24, 2.45) is 0 Å². The van der Waals surface area contributed by atoms with Crippen molar-refractivity contribution in [3.05, 3.63) is 63.4 Å². The van der Waals surface area contributed by atoms with Gasteiger partial charge in [0.05, 0.1) is 66.5 Å². The predicted octanol–water partition coefficient (Wildman–Crippen LogP) is 8.11. The van der Waals surface area contributed by atoms with E-state index >= 15 is 0 Å². The van der Waals surface area contributed by atoms with Gasteiger partial charge in [-0.1, -0.05) is 104 Å². The molecule has 0 saturated heterocycles. The van der Waals surface area contributed by atoms with Crippen LogP contribution in [0.5, 0.6) is 17.2 Å². The number of rotatable bonds is 6. The van der Waals surface area contributed by atoms with Gasteiger partial charge < -0.3 is 14.2 Å². The molecule has 3 nitrogen and oxygen atoms in total. The molecule has 0 amide bonds. The highest BCUT2D eigenvalue weighted by atomic mass is 35.5. The Kier molecular flexibility index (Phi) is 9.51. The maximum absolute atomic E-state index is 6.75. The SMILES string of the molecule is COc1cc(Cl)c(Cl)c(B(c2c(Cl)c(Cl)cc(OC)c2Cl)c2c(Cl)c(Cl)cc(OC)c2Cl)c1Cl. The fraction of sp³-hybridized carbons (Fsp3) is 0.143. The first kappa shape index (κ1) is 28.3. The number of halogens is 9. The first-order valence-electron chi connectivity index (χ1n) is 9.14. The molecular formula is C21H12BCl9O3. The van der Waals surface area contributed by atoms with Gasteiger partial charge in [0.25, 0.3) is 6.71 Å². The molecule has 0 unspecified atom stereocenters. The Bertz CT molecular complexity index is 1130. The van der Waals surface area contributed by atoms with Crippen molar-refractivity contribution in [3.63, 3.8) is 0 Å². The van der Waals surface area contributed by atoms with E-state index in [2.05, 4.69) is 0 Å². The Morgan fingerprint density at radius 2 is 0.676 bits per heavy atom. The van der Waals surface area contributed by atoms with E-state index < -0.39 is 6.71 Å². The van der Waals surface area contributed by atoms with Crippen LogP contribution < -0.4 is 30.6 Å². The van der Waals surface area contributed by atoms with Crippen LogP contribution in [-0.4, -0.2) is 28.0 Å². The Labute approximate surface area is 242 Å². The fourth-order valence-corrected chi connectivity index (χ4v) is 5.97. The van der Waals surface area contributed by atoms with Gasteiger partial charge in [-0.25, -0.2) is 0 Å². The highest BCUT2D eigenvalue weighted by molar-refractivity contribution is 7.02. The van der Waals surface area contributed by atoms with Crippen molar-refractivity contribution in [2.75, 3.05) is 21.3 Å². The summed E-state index contributed by atoms with van der Waals surface area (Å²) >= 11 is 59.6. The second-order valence-electron chi connectivity index (χ2n) is 6.74. The molecule has 0 fully saturated rings. The molecule has 0 spiro atoms. The number of methoxy groups -OCH3 is 3. The van der Waals surface area contributed by atoms with E-state index in [1.54, 1.807) is 0 Å². The molecule has 34 heavy (non-hydrogen) atoms. The molecule has 0 saturated carbocycles. The van der Waals surface area contributed by atoms with E-state index in [0.29, 0.717) is 0 Å². The first-order chi connectivity index (χ1) is 16.0. The molecule has 3 aromatic rings. The Morgan fingerprint density at radius 3 is 0.882 bits per heavy atom. The molecule has 0 aliphatic rings. The third kappa shape index (κ3) is 4.96. The number of hydrogen-bond donors (Lipinski definition) is 0. The van der Waals surface area contributed by atoms with Crippen LogP contribution >= 0.6 is 104 Å². The zero-order valence-electron chi connectivity index (χ0n) is 17.4. The van der Waals surface area contributed by atoms with Gasteiger partial charge in [0, 0.05) is 18.2 Å². The minimum Gasteiger partial charge on any atom is -0.495 e. The molecule has 13 heteroatoms. The van der Waals surface area contributed by atoms with Crippen LogP contribution in [0.25, 0.3) is 0 Å². The molecule has 0 radical (unpaired) electrons. The summed E-state index contributed by atoms with van der Waals surface area (Å²) in [5.41, 5.74) is 0.733. The number of hydrogen-bond acceptors (Lipinski definition) is 3. The summed E-state index contributed by atoms with van der Waals surface area (Å²) in [7, 11) is 4.28. The molecular weight excluding hydrogens is 630 g/mol. The lowest BCUT2D eigenvalue weighted by Gasteiger charge is -2.26. The van der Waals surface area contributed by atoms with E-state index in [-0.39, 0.29) is 78.8 Å². The number of benzene rings is 3. The summed E-state index contributed by atoms with van der Waals surface area (Å²) in [5.74, 6) is 0.704. The maximum Gasteiger partial charge on any atom is 0.253 e. The van der Waals surface area contributed by atoms with Gasteiger partial charge in [0.15, 0.2) is 0 Å². The highest BCUT2D eigenvalue weighted by Gasteiger charge is 2.38.